The molecule has 0 atom stereocenters. The van der Waals surface area contributed by atoms with Crippen LogP contribution in [0.2, 0.25) is 0 Å². The summed E-state index contributed by atoms with van der Waals surface area (Å²) in [6, 6.07) is 9.16. The maximum atomic E-state index is 13.1. The van der Waals surface area contributed by atoms with Gasteiger partial charge in [0, 0.05) is 28.9 Å². The third kappa shape index (κ3) is 3.34. The van der Waals surface area contributed by atoms with E-state index >= 15 is 0 Å². The predicted octanol–water partition coefficient (Wildman–Crippen LogP) is 4.18. The monoisotopic (exact) mass is 356 g/mol. The van der Waals surface area contributed by atoms with Gasteiger partial charge in [-0.1, -0.05) is 26.0 Å². The van der Waals surface area contributed by atoms with E-state index in [4.69, 9.17) is 0 Å². The molecule has 0 bridgehead atoms. The summed E-state index contributed by atoms with van der Waals surface area (Å²) in [5.74, 6) is 0.167. The number of aryl methyl sites for hydroxylation is 1. The third-order valence-corrected chi connectivity index (χ3v) is 6.03. The maximum absolute atomic E-state index is 13.1. The standard InChI is InChI=1S/C20H24N2O2S/c1-4-22(5-2)12-11-21-15-10-9-13(3)19-17(15)18(24)14-7-6-8-16(23)20(14)25-19/h6-10,21,23H,4-5,11-12H2,1-3H3. The summed E-state index contributed by atoms with van der Waals surface area (Å²) >= 11 is 1.48. The van der Waals surface area contributed by atoms with Crippen molar-refractivity contribution in [3.05, 3.63) is 46.1 Å². The molecule has 0 aliphatic carbocycles. The Morgan fingerprint density at radius 2 is 1.88 bits per heavy atom. The molecule has 5 heteroatoms. The molecule has 1 aromatic heterocycles. The summed E-state index contributed by atoms with van der Waals surface area (Å²) in [5.41, 5.74) is 1.91. The van der Waals surface area contributed by atoms with E-state index in [1.165, 1.54) is 11.3 Å². The van der Waals surface area contributed by atoms with Crippen LogP contribution in [0.5, 0.6) is 5.75 Å². The Balaban J connectivity index is 2.08. The van der Waals surface area contributed by atoms with Gasteiger partial charge in [0.2, 0.25) is 0 Å². The molecule has 0 spiro atoms. The fourth-order valence-electron chi connectivity index (χ4n) is 3.13. The second-order valence-electron chi connectivity index (χ2n) is 6.17. The number of aromatic hydroxyl groups is 1. The minimum absolute atomic E-state index is 0.0197. The van der Waals surface area contributed by atoms with Crippen molar-refractivity contribution < 1.29 is 5.11 Å². The van der Waals surface area contributed by atoms with Crippen LogP contribution >= 0.6 is 11.3 Å². The molecule has 0 unspecified atom stereocenters. The summed E-state index contributed by atoms with van der Waals surface area (Å²) < 4.78 is 1.59. The van der Waals surface area contributed by atoms with Gasteiger partial charge in [0.1, 0.15) is 5.75 Å². The number of benzene rings is 2. The average molecular weight is 356 g/mol. The van der Waals surface area contributed by atoms with Crippen LogP contribution in [0, 0.1) is 6.92 Å². The molecular weight excluding hydrogens is 332 g/mol. The van der Waals surface area contributed by atoms with Gasteiger partial charge in [-0.05, 0) is 43.8 Å². The molecule has 25 heavy (non-hydrogen) atoms. The van der Waals surface area contributed by atoms with Crippen LogP contribution in [0.25, 0.3) is 20.2 Å². The molecular formula is C20H24N2O2S. The average Bonchev–Trinajstić information content (AvgIpc) is 2.62. The highest BCUT2D eigenvalue weighted by Gasteiger charge is 2.14. The van der Waals surface area contributed by atoms with Crippen molar-refractivity contribution in [2.24, 2.45) is 0 Å². The van der Waals surface area contributed by atoms with Crippen molar-refractivity contribution in [2.75, 3.05) is 31.5 Å². The van der Waals surface area contributed by atoms with Crippen LogP contribution in [0.15, 0.2) is 35.1 Å². The van der Waals surface area contributed by atoms with Crippen molar-refractivity contribution in [2.45, 2.75) is 20.8 Å². The molecule has 0 saturated heterocycles. The van der Waals surface area contributed by atoms with Crippen molar-refractivity contribution in [1.82, 2.24) is 4.90 Å². The highest BCUT2D eigenvalue weighted by atomic mass is 32.1. The van der Waals surface area contributed by atoms with Crippen molar-refractivity contribution in [3.63, 3.8) is 0 Å². The molecule has 0 saturated carbocycles. The first kappa shape index (κ1) is 17.7. The SMILES string of the molecule is CCN(CC)CCNc1ccc(C)c2sc3c(O)cccc3c(=O)c12. The predicted molar refractivity (Wildman–Crippen MR) is 108 cm³/mol. The summed E-state index contributed by atoms with van der Waals surface area (Å²) in [5, 5.41) is 14.9. The lowest BCUT2D eigenvalue weighted by atomic mass is 10.1. The first-order valence-corrected chi connectivity index (χ1v) is 9.52. The number of fused-ring (bicyclic) bond motifs is 2. The molecule has 0 fully saturated rings. The number of phenolic OH excluding ortho intramolecular Hbond substituents is 1. The molecule has 1 heterocycles. The molecule has 2 N–H and O–H groups in total. The topological polar surface area (TPSA) is 52.6 Å². The van der Waals surface area contributed by atoms with E-state index in [1.54, 1.807) is 18.2 Å². The van der Waals surface area contributed by atoms with Gasteiger partial charge in [0.15, 0.2) is 5.43 Å². The number of rotatable bonds is 6. The first-order chi connectivity index (χ1) is 12.1. The number of nitrogens with zero attached hydrogens (tertiary/aromatic N) is 1. The van der Waals surface area contributed by atoms with Crippen molar-refractivity contribution in [1.29, 1.82) is 0 Å². The minimum atomic E-state index is -0.0197. The van der Waals surface area contributed by atoms with E-state index in [9.17, 15) is 9.90 Å². The van der Waals surface area contributed by atoms with Crippen molar-refractivity contribution in [3.8, 4) is 5.75 Å². The Morgan fingerprint density at radius 1 is 1.12 bits per heavy atom. The van der Waals surface area contributed by atoms with E-state index in [1.807, 2.05) is 19.1 Å². The number of hydrogen-bond acceptors (Lipinski definition) is 5. The Bertz CT molecular complexity index is 961. The van der Waals surface area contributed by atoms with Crippen molar-refractivity contribution >= 4 is 37.2 Å². The molecule has 3 aromatic rings. The van der Waals surface area contributed by atoms with Gasteiger partial charge in [-0.3, -0.25) is 4.79 Å². The van der Waals surface area contributed by atoms with E-state index in [0.717, 1.165) is 47.5 Å². The smallest absolute Gasteiger partial charge is 0.198 e. The van der Waals surface area contributed by atoms with Gasteiger partial charge in [-0.25, -0.2) is 0 Å². The zero-order valence-electron chi connectivity index (χ0n) is 14.9. The van der Waals surface area contributed by atoms with Gasteiger partial charge in [-0.2, -0.15) is 0 Å². The lowest BCUT2D eigenvalue weighted by Gasteiger charge is -2.19. The fraction of sp³-hybridized carbons (Fsp3) is 0.350. The van der Waals surface area contributed by atoms with Gasteiger partial charge < -0.3 is 15.3 Å². The molecule has 3 rings (SSSR count). The molecule has 4 nitrogen and oxygen atoms in total. The lowest BCUT2D eigenvalue weighted by molar-refractivity contribution is 0.316. The van der Waals surface area contributed by atoms with Crippen LogP contribution in [0.1, 0.15) is 19.4 Å². The van der Waals surface area contributed by atoms with Crippen LogP contribution in [-0.4, -0.2) is 36.2 Å². The minimum Gasteiger partial charge on any atom is -0.506 e. The van der Waals surface area contributed by atoms with E-state index in [-0.39, 0.29) is 11.2 Å². The molecule has 0 amide bonds. The zero-order chi connectivity index (χ0) is 18.0. The lowest BCUT2D eigenvalue weighted by Crippen LogP contribution is -2.28. The highest BCUT2D eigenvalue weighted by Crippen LogP contribution is 2.35. The largest absolute Gasteiger partial charge is 0.506 e. The first-order valence-electron chi connectivity index (χ1n) is 8.71. The number of hydrogen-bond donors (Lipinski definition) is 2. The molecule has 0 aliphatic rings. The number of phenols is 1. The number of likely N-dealkylation sites (N-methyl/N-ethyl adjacent to an activating group) is 1. The summed E-state index contributed by atoms with van der Waals surface area (Å²) in [7, 11) is 0. The van der Waals surface area contributed by atoms with Gasteiger partial charge >= 0.3 is 0 Å². The van der Waals surface area contributed by atoms with E-state index in [2.05, 4.69) is 24.1 Å². The van der Waals surface area contributed by atoms with Gasteiger partial charge in [0.25, 0.3) is 0 Å². The quantitative estimate of drug-likeness (QED) is 0.651. The number of nitrogens with one attached hydrogen (secondary N) is 1. The summed E-state index contributed by atoms with van der Waals surface area (Å²) in [6.45, 7) is 10.1. The maximum Gasteiger partial charge on any atom is 0.198 e. The zero-order valence-corrected chi connectivity index (χ0v) is 15.7. The number of anilines is 1. The fourth-order valence-corrected chi connectivity index (χ4v) is 4.31. The summed E-state index contributed by atoms with van der Waals surface area (Å²) in [4.78, 5) is 15.4. The highest BCUT2D eigenvalue weighted by molar-refractivity contribution is 7.25. The molecule has 0 radical (unpaired) electrons. The Labute approximate surface area is 151 Å². The Kier molecular flexibility index (Phi) is 5.25. The van der Waals surface area contributed by atoms with Crippen LogP contribution in [0.4, 0.5) is 5.69 Å². The molecule has 132 valence electrons. The second-order valence-corrected chi connectivity index (χ2v) is 7.19. The summed E-state index contributed by atoms with van der Waals surface area (Å²) in [6.07, 6.45) is 0. The molecule has 0 aliphatic heterocycles. The van der Waals surface area contributed by atoms with Gasteiger partial charge in [0.05, 0.1) is 10.1 Å². The second kappa shape index (κ2) is 7.42. The third-order valence-electron chi connectivity index (χ3n) is 4.66. The Hall–Kier alpha value is -2.11. The van der Waals surface area contributed by atoms with Crippen LogP contribution < -0.4 is 10.7 Å². The normalized spacial score (nSPS) is 11.5. The van der Waals surface area contributed by atoms with E-state index in [0.29, 0.717) is 10.1 Å². The van der Waals surface area contributed by atoms with Gasteiger partial charge in [-0.15, -0.1) is 11.3 Å². The van der Waals surface area contributed by atoms with Crippen LogP contribution in [0.3, 0.4) is 0 Å². The molecule has 2 aromatic carbocycles. The van der Waals surface area contributed by atoms with E-state index < -0.39 is 0 Å². The Morgan fingerprint density at radius 3 is 2.60 bits per heavy atom. The van der Waals surface area contributed by atoms with Crippen LogP contribution in [-0.2, 0) is 0 Å².